The molecule has 0 radical (unpaired) electrons. The highest BCUT2D eigenvalue weighted by molar-refractivity contribution is 6.22. The van der Waals surface area contributed by atoms with Gasteiger partial charge in [-0.2, -0.15) is 0 Å². The van der Waals surface area contributed by atoms with Gasteiger partial charge in [-0.1, -0.05) is 26.0 Å². The number of rotatable bonds is 2. The minimum Gasteiger partial charge on any atom is -0.288 e. The van der Waals surface area contributed by atoms with Crippen molar-refractivity contribution in [2.45, 2.75) is 20.3 Å². The lowest BCUT2D eigenvalue weighted by Gasteiger charge is -2.07. The van der Waals surface area contributed by atoms with E-state index in [4.69, 9.17) is 0 Å². The number of nitrogens with one attached hydrogen (secondary N) is 1. The molecule has 15 heavy (non-hydrogen) atoms. The number of carbonyl (C=O) groups is 2. The molecule has 78 valence electrons. The van der Waals surface area contributed by atoms with E-state index in [1.165, 1.54) is 0 Å². The summed E-state index contributed by atoms with van der Waals surface area (Å²) in [6.45, 7) is 4.18. The molecule has 0 spiro atoms. The van der Waals surface area contributed by atoms with Crippen molar-refractivity contribution in [3.8, 4) is 0 Å². The molecule has 0 aromatic heterocycles. The van der Waals surface area contributed by atoms with Crippen LogP contribution in [-0.4, -0.2) is 11.8 Å². The van der Waals surface area contributed by atoms with Crippen molar-refractivity contribution in [3.05, 3.63) is 34.9 Å². The van der Waals surface area contributed by atoms with Gasteiger partial charge in [0.05, 0.1) is 11.1 Å². The van der Waals surface area contributed by atoms with Crippen LogP contribution in [0.2, 0.25) is 0 Å². The van der Waals surface area contributed by atoms with Crippen molar-refractivity contribution in [2.75, 3.05) is 0 Å². The van der Waals surface area contributed by atoms with Gasteiger partial charge < -0.3 is 0 Å². The predicted molar refractivity (Wildman–Crippen MR) is 56.8 cm³/mol. The van der Waals surface area contributed by atoms with E-state index in [1.807, 2.05) is 12.1 Å². The zero-order chi connectivity index (χ0) is 11.0. The second kappa shape index (κ2) is 3.50. The van der Waals surface area contributed by atoms with Crippen LogP contribution >= 0.6 is 0 Å². The standard InChI is InChI=1S/C12H13NO2/c1-7(2)6-8-4-3-5-9-10(8)12(15)13-11(9)14/h3-5,7H,6H2,1-2H3,(H,13,14,15). The maximum Gasteiger partial charge on any atom is 0.259 e. The van der Waals surface area contributed by atoms with Crippen molar-refractivity contribution >= 4 is 11.8 Å². The van der Waals surface area contributed by atoms with Crippen LogP contribution in [0.15, 0.2) is 18.2 Å². The molecular weight excluding hydrogens is 190 g/mol. The number of benzene rings is 1. The van der Waals surface area contributed by atoms with E-state index >= 15 is 0 Å². The lowest BCUT2D eigenvalue weighted by atomic mass is 9.95. The summed E-state index contributed by atoms with van der Waals surface area (Å²) < 4.78 is 0. The molecular formula is C12H13NO2. The number of imide groups is 1. The van der Waals surface area contributed by atoms with Crippen molar-refractivity contribution in [3.63, 3.8) is 0 Å². The topological polar surface area (TPSA) is 46.2 Å². The smallest absolute Gasteiger partial charge is 0.259 e. The quantitative estimate of drug-likeness (QED) is 0.744. The van der Waals surface area contributed by atoms with Crippen LogP contribution < -0.4 is 5.32 Å². The van der Waals surface area contributed by atoms with Crippen molar-refractivity contribution in [1.82, 2.24) is 5.32 Å². The van der Waals surface area contributed by atoms with E-state index in [0.29, 0.717) is 17.0 Å². The Morgan fingerprint density at radius 2 is 1.93 bits per heavy atom. The van der Waals surface area contributed by atoms with Crippen LogP contribution in [0.5, 0.6) is 0 Å². The molecule has 1 N–H and O–H groups in total. The van der Waals surface area contributed by atoms with Crippen LogP contribution in [0, 0.1) is 5.92 Å². The molecule has 2 rings (SSSR count). The maximum absolute atomic E-state index is 11.5. The summed E-state index contributed by atoms with van der Waals surface area (Å²) in [4.78, 5) is 22.9. The number of amides is 2. The SMILES string of the molecule is CC(C)Cc1cccc2c1C(=O)NC2=O. The first kappa shape index (κ1) is 9.90. The minimum absolute atomic E-state index is 0.258. The Hall–Kier alpha value is -1.64. The van der Waals surface area contributed by atoms with Gasteiger partial charge in [-0.15, -0.1) is 0 Å². The largest absolute Gasteiger partial charge is 0.288 e. The van der Waals surface area contributed by atoms with Crippen molar-refractivity contribution < 1.29 is 9.59 Å². The molecule has 0 aliphatic carbocycles. The minimum atomic E-state index is -0.277. The second-order valence-corrected chi connectivity index (χ2v) is 4.22. The molecule has 0 atom stereocenters. The van der Waals surface area contributed by atoms with Gasteiger partial charge in [-0.05, 0) is 24.0 Å². The summed E-state index contributed by atoms with van der Waals surface area (Å²) in [6, 6.07) is 5.44. The molecule has 0 unspecified atom stereocenters. The molecule has 3 nitrogen and oxygen atoms in total. The summed E-state index contributed by atoms with van der Waals surface area (Å²) in [5, 5.41) is 2.32. The molecule has 1 heterocycles. The van der Waals surface area contributed by atoms with Crippen molar-refractivity contribution in [1.29, 1.82) is 0 Å². The highest BCUT2D eigenvalue weighted by Gasteiger charge is 2.28. The number of carbonyl (C=O) groups excluding carboxylic acids is 2. The molecule has 3 heteroatoms. The Balaban J connectivity index is 2.50. The fourth-order valence-electron chi connectivity index (χ4n) is 1.90. The lowest BCUT2D eigenvalue weighted by Crippen LogP contribution is -2.20. The molecule has 0 bridgehead atoms. The van der Waals surface area contributed by atoms with E-state index in [1.54, 1.807) is 6.07 Å². The van der Waals surface area contributed by atoms with Crippen LogP contribution in [0.25, 0.3) is 0 Å². The van der Waals surface area contributed by atoms with Gasteiger partial charge in [0.1, 0.15) is 0 Å². The normalized spacial score (nSPS) is 14.3. The fourth-order valence-corrected chi connectivity index (χ4v) is 1.90. The van der Waals surface area contributed by atoms with Crippen LogP contribution in [0.3, 0.4) is 0 Å². The first-order valence-corrected chi connectivity index (χ1v) is 5.07. The van der Waals surface area contributed by atoms with E-state index < -0.39 is 0 Å². The third-order valence-corrected chi connectivity index (χ3v) is 2.48. The Bertz CT molecular complexity index is 435. The number of fused-ring (bicyclic) bond motifs is 1. The molecule has 1 aromatic rings. The molecule has 1 aliphatic heterocycles. The average molecular weight is 203 g/mol. The van der Waals surface area contributed by atoms with Crippen LogP contribution in [-0.2, 0) is 6.42 Å². The monoisotopic (exact) mass is 203 g/mol. The van der Waals surface area contributed by atoms with Crippen LogP contribution in [0.1, 0.15) is 40.1 Å². The third-order valence-electron chi connectivity index (χ3n) is 2.48. The molecule has 0 fully saturated rings. The average Bonchev–Trinajstić information content (AvgIpc) is 2.43. The number of hydrogen-bond acceptors (Lipinski definition) is 2. The summed E-state index contributed by atoms with van der Waals surface area (Å²) >= 11 is 0. The van der Waals surface area contributed by atoms with E-state index in [-0.39, 0.29) is 11.8 Å². The van der Waals surface area contributed by atoms with E-state index in [0.717, 1.165) is 12.0 Å². The predicted octanol–water partition coefficient (Wildman–Crippen LogP) is 1.77. The van der Waals surface area contributed by atoms with Gasteiger partial charge >= 0.3 is 0 Å². The molecule has 0 saturated heterocycles. The molecule has 1 aliphatic rings. The Labute approximate surface area is 88.5 Å². The zero-order valence-electron chi connectivity index (χ0n) is 8.83. The zero-order valence-corrected chi connectivity index (χ0v) is 8.83. The van der Waals surface area contributed by atoms with E-state index in [2.05, 4.69) is 19.2 Å². The van der Waals surface area contributed by atoms with Gasteiger partial charge in [0, 0.05) is 0 Å². The van der Waals surface area contributed by atoms with Gasteiger partial charge in [0.2, 0.25) is 0 Å². The third kappa shape index (κ3) is 1.65. The molecule has 0 saturated carbocycles. The van der Waals surface area contributed by atoms with Crippen LogP contribution in [0.4, 0.5) is 0 Å². The Morgan fingerprint density at radius 3 is 2.60 bits per heavy atom. The summed E-state index contributed by atoms with van der Waals surface area (Å²) in [5.74, 6) is -0.0631. The lowest BCUT2D eigenvalue weighted by molar-refractivity contribution is 0.0879. The van der Waals surface area contributed by atoms with Gasteiger partial charge in [0.15, 0.2) is 0 Å². The highest BCUT2D eigenvalue weighted by Crippen LogP contribution is 2.22. The summed E-state index contributed by atoms with van der Waals surface area (Å²) in [5.41, 5.74) is 2.04. The van der Waals surface area contributed by atoms with Gasteiger partial charge in [-0.3, -0.25) is 14.9 Å². The first-order valence-electron chi connectivity index (χ1n) is 5.07. The summed E-state index contributed by atoms with van der Waals surface area (Å²) in [7, 11) is 0. The van der Waals surface area contributed by atoms with Gasteiger partial charge in [0.25, 0.3) is 11.8 Å². The Morgan fingerprint density at radius 1 is 1.20 bits per heavy atom. The fraction of sp³-hybridized carbons (Fsp3) is 0.333. The second-order valence-electron chi connectivity index (χ2n) is 4.22. The number of hydrogen-bond donors (Lipinski definition) is 1. The van der Waals surface area contributed by atoms with Gasteiger partial charge in [-0.25, -0.2) is 0 Å². The molecule has 1 aromatic carbocycles. The first-order chi connectivity index (χ1) is 7.09. The van der Waals surface area contributed by atoms with E-state index in [9.17, 15) is 9.59 Å². The maximum atomic E-state index is 11.5. The highest BCUT2D eigenvalue weighted by atomic mass is 16.2. The van der Waals surface area contributed by atoms with Crippen molar-refractivity contribution in [2.24, 2.45) is 5.92 Å². The Kier molecular flexibility index (Phi) is 2.31. The summed E-state index contributed by atoms with van der Waals surface area (Å²) in [6.07, 6.45) is 0.823. The molecule has 2 amide bonds.